The lowest BCUT2D eigenvalue weighted by Crippen LogP contribution is -2.32. The van der Waals surface area contributed by atoms with Crippen molar-refractivity contribution in [3.8, 4) is 11.4 Å². The highest BCUT2D eigenvalue weighted by atomic mass is 16.4. The standard InChI is InChI=1S/C14H18N4O2/c1-4-14(3,13(19)20)9-18-12(15-16-17-18)11-7-5-6-10(2)8-11/h5-8H,4,9H2,1-3H3,(H,19,20). The van der Waals surface area contributed by atoms with Gasteiger partial charge in [0, 0.05) is 5.56 Å². The van der Waals surface area contributed by atoms with Crippen LogP contribution >= 0.6 is 0 Å². The summed E-state index contributed by atoms with van der Waals surface area (Å²) in [6.07, 6.45) is 0.509. The molecule has 6 nitrogen and oxygen atoms in total. The molecule has 0 saturated heterocycles. The first-order valence-electron chi connectivity index (χ1n) is 6.53. The van der Waals surface area contributed by atoms with Crippen LogP contribution in [0.5, 0.6) is 0 Å². The topological polar surface area (TPSA) is 80.9 Å². The molecule has 0 amide bonds. The van der Waals surface area contributed by atoms with Gasteiger partial charge in [-0.1, -0.05) is 30.7 Å². The number of nitrogens with zero attached hydrogens (tertiary/aromatic N) is 4. The van der Waals surface area contributed by atoms with E-state index in [1.165, 1.54) is 0 Å². The van der Waals surface area contributed by atoms with Crippen molar-refractivity contribution in [2.24, 2.45) is 5.41 Å². The van der Waals surface area contributed by atoms with Gasteiger partial charge in [-0.15, -0.1) is 5.10 Å². The van der Waals surface area contributed by atoms with Gasteiger partial charge in [0.1, 0.15) is 0 Å². The van der Waals surface area contributed by atoms with Crippen LogP contribution < -0.4 is 0 Å². The van der Waals surface area contributed by atoms with Gasteiger partial charge in [-0.2, -0.15) is 0 Å². The third kappa shape index (κ3) is 2.68. The Hall–Kier alpha value is -2.24. The number of aromatic nitrogens is 4. The second kappa shape index (κ2) is 5.40. The fourth-order valence-electron chi connectivity index (χ4n) is 1.96. The summed E-state index contributed by atoms with van der Waals surface area (Å²) < 4.78 is 1.56. The smallest absolute Gasteiger partial charge is 0.311 e. The van der Waals surface area contributed by atoms with Gasteiger partial charge in [-0.05, 0) is 36.8 Å². The zero-order valence-corrected chi connectivity index (χ0v) is 11.9. The van der Waals surface area contributed by atoms with Crippen molar-refractivity contribution in [2.75, 3.05) is 0 Å². The first kappa shape index (κ1) is 14.2. The molecule has 0 bridgehead atoms. The van der Waals surface area contributed by atoms with Crippen molar-refractivity contribution >= 4 is 5.97 Å². The fraction of sp³-hybridized carbons (Fsp3) is 0.429. The molecule has 6 heteroatoms. The third-order valence-electron chi connectivity index (χ3n) is 3.60. The Morgan fingerprint density at radius 3 is 2.80 bits per heavy atom. The minimum Gasteiger partial charge on any atom is -0.481 e. The summed E-state index contributed by atoms with van der Waals surface area (Å²) in [5, 5.41) is 21.0. The monoisotopic (exact) mass is 274 g/mol. The summed E-state index contributed by atoms with van der Waals surface area (Å²) in [6, 6.07) is 7.82. The van der Waals surface area contributed by atoms with Crippen molar-refractivity contribution in [3.63, 3.8) is 0 Å². The number of carbonyl (C=O) groups is 1. The van der Waals surface area contributed by atoms with Crippen LogP contribution in [0, 0.1) is 12.3 Å². The van der Waals surface area contributed by atoms with Crippen molar-refractivity contribution < 1.29 is 9.90 Å². The van der Waals surface area contributed by atoms with Crippen LogP contribution in [0.1, 0.15) is 25.8 Å². The van der Waals surface area contributed by atoms with E-state index in [1.807, 2.05) is 38.1 Å². The number of hydrogen-bond donors (Lipinski definition) is 1. The molecule has 20 heavy (non-hydrogen) atoms. The van der Waals surface area contributed by atoms with Gasteiger partial charge in [0.25, 0.3) is 0 Å². The summed E-state index contributed by atoms with van der Waals surface area (Å²) >= 11 is 0. The van der Waals surface area contributed by atoms with Crippen LogP contribution in [0.15, 0.2) is 24.3 Å². The normalized spacial score (nSPS) is 13.9. The van der Waals surface area contributed by atoms with Gasteiger partial charge >= 0.3 is 5.97 Å². The van der Waals surface area contributed by atoms with E-state index in [1.54, 1.807) is 11.6 Å². The Labute approximate surface area is 117 Å². The van der Waals surface area contributed by atoms with Crippen molar-refractivity contribution in [1.29, 1.82) is 0 Å². The molecule has 1 N–H and O–H groups in total. The summed E-state index contributed by atoms with van der Waals surface area (Å²) in [5.74, 6) is -0.250. The number of benzene rings is 1. The minimum atomic E-state index is -0.881. The lowest BCUT2D eigenvalue weighted by atomic mass is 9.88. The Balaban J connectivity index is 2.37. The second-order valence-corrected chi connectivity index (χ2v) is 5.25. The highest BCUT2D eigenvalue weighted by Gasteiger charge is 2.33. The fourth-order valence-corrected chi connectivity index (χ4v) is 1.96. The van der Waals surface area contributed by atoms with Gasteiger partial charge in [0.15, 0.2) is 5.82 Å². The Morgan fingerprint density at radius 2 is 2.20 bits per heavy atom. The molecule has 1 unspecified atom stereocenters. The molecule has 0 aliphatic rings. The molecule has 0 aliphatic heterocycles. The number of tetrazole rings is 1. The summed E-state index contributed by atoms with van der Waals surface area (Å²) in [6.45, 7) is 5.79. The van der Waals surface area contributed by atoms with Gasteiger partial charge in [-0.25, -0.2) is 4.68 Å². The highest BCUT2D eigenvalue weighted by Crippen LogP contribution is 2.26. The van der Waals surface area contributed by atoms with E-state index in [0.29, 0.717) is 12.2 Å². The maximum atomic E-state index is 11.4. The summed E-state index contributed by atoms with van der Waals surface area (Å²) in [4.78, 5) is 11.4. The van der Waals surface area contributed by atoms with Gasteiger partial charge < -0.3 is 5.11 Å². The first-order valence-corrected chi connectivity index (χ1v) is 6.53. The molecule has 106 valence electrons. The van der Waals surface area contributed by atoms with Crippen LogP contribution in [0.25, 0.3) is 11.4 Å². The largest absolute Gasteiger partial charge is 0.481 e. The SMILES string of the molecule is CCC(C)(Cn1nnnc1-c1cccc(C)c1)C(=O)O. The van der Waals surface area contributed by atoms with Crippen LogP contribution in [0.4, 0.5) is 0 Å². The zero-order valence-electron chi connectivity index (χ0n) is 11.9. The van der Waals surface area contributed by atoms with Crippen LogP contribution in [0.2, 0.25) is 0 Å². The molecule has 1 heterocycles. The number of hydrogen-bond acceptors (Lipinski definition) is 4. The molecule has 2 rings (SSSR count). The van der Waals surface area contributed by atoms with E-state index in [9.17, 15) is 9.90 Å². The maximum Gasteiger partial charge on any atom is 0.311 e. The Bertz CT molecular complexity index is 623. The summed E-state index contributed by atoms with van der Waals surface area (Å²) in [7, 11) is 0. The molecule has 0 saturated carbocycles. The molecule has 2 aromatic rings. The number of aryl methyl sites for hydroxylation is 1. The van der Waals surface area contributed by atoms with Crippen LogP contribution in [-0.4, -0.2) is 31.3 Å². The van der Waals surface area contributed by atoms with Crippen molar-refractivity contribution in [1.82, 2.24) is 20.2 Å². The number of carboxylic acids is 1. The van der Waals surface area contributed by atoms with Gasteiger partial charge in [-0.3, -0.25) is 4.79 Å². The maximum absolute atomic E-state index is 11.4. The minimum absolute atomic E-state index is 0.245. The van der Waals surface area contributed by atoms with Gasteiger partial charge in [0.2, 0.25) is 0 Å². The lowest BCUT2D eigenvalue weighted by Gasteiger charge is -2.22. The second-order valence-electron chi connectivity index (χ2n) is 5.25. The molecular formula is C14H18N4O2. The molecule has 1 aromatic heterocycles. The zero-order chi connectivity index (χ0) is 14.8. The van der Waals surface area contributed by atoms with Crippen LogP contribution in [-0.2, 0) is 11.3 Å². The average Bonchev–Trinajstić information content (AvgIpc) is 2.86. The van der Waals surface area contributed by atoms with E-state index >= 15 is 0 Å². The van der Waals surface area contributed by atoms with E-state index in [-0.39, 0.29) is 6.54 Å². The van der Waals surface area contributed by atoms with Crippen LogP contribution in [0.3, 0.4) is 0 Å². The molecule has 0 radical (unpaired) electrons. The average molecular weight is 274 g/mol. The quantitative estimate of drug-likeness (QED) is 0.903. The van der Waals surface area contributed by atoms with E-state index in [4.69, 9.17) is 0 Å². The molecule has 0 spiro atoms. The van der Waals surface area contributed by atoms with Crippen molar-refractivity contribution in [2.45, 2.75) is 33.7 Å². The molecule has 1 atom stereocenters. The highest BCUT2D eigenvalue weighted by molar-refractivity contribution is 5.74. The Morgan fingerprint density at radius 1 is 1.45 bits per heavy atom. The predicted octanol–water partition coefficient (Wildman–Crippen LogP) is 2.15. The lowest BCUT2D eigenvalue weighted by molar-refractivity contribution is -0.149. The number of carboxylic acid groups (broad SMARTS) is 1. The number of aliphatic carboxylic acids is 1. The summed E-state index contributed by atoms with van der Waals surface area (Å²) in [5.41, 5.74) is 1.11. The molecular weight excluding hydrogens is 256 g/mol. The van der Waals surface area contributed by atoms with Gasteiger partial charge in [0.05, 0.1) is 12.0 Å². The first-order chi connectivity index (χ1) is 9.46. The Kier molecular flexibility index (Phi) is 3.83. The van der Waals surface area contributed by atoms with E-state index in [0.717, 1.165) is 11.1 Å². The van der Waals surface area contributed by atoms with E-state index < -0.39 is 11.4 Å². The van der Waals surface area contributed by atoms with Crippen molar-refractivity contribution in [3.05, 3.63) is 29.8 Å². The molecule has 0 aliphatic carbocycles. The third-order valence-corrected chi connectivity index (χ3v) is 3.60. The number of rotatable bonds is 5. The predicted molar refractivity (Wildman–Crippen MR) is 74.0 cm³/mol. The molecule has 1 aromatic carbocycles. The van der Waals surface area contributed by atoms with E-state index in [2.05, 4.69) is 15.5 Å². The molecule has 0 fully saturated rings.